The van der Waals surface area contributed by atoms with Crippen molar-refractivity contribution < 1.29 is 36.6 Å². The van der Waals surface area contributed by atoms with Crippen LogP contribution in [0.4, 0.5) is 27.6 Å². The third-order valence-corrected chi connectivity index (χ3v) is 4.87. The lowest BCUT2D eigenvalue weighted by Gasteiger charge is -2.19. The van der Waals surface area contributed by atoms with Crippen LogP contribution in [0.3, 0.4) is 0 Å². The highest BCUT2D eigenvalue weighted by molar-refractivity contribution is 6.06. The summed E-state index contributed by atoms with van der Waals surface area (Å²) in [6, 6.07) is 1.84. The number of nitrogens with one attached hydrogen (secondary N) is 1. The molecule has 3 heterocycles. The van der Waals surface area contributed by atoms with Crippen LogP contribution >= 0.6 is 0 Å². The Hall–Kier alpha value is -3.88. The number of aliphatic hydroxyl groups is 1. The van der Waals surface area contributed by atoms with Gasteiger partial charge in [0.25, 0.3) is 5.91 Å². The summed E-state index contributed by atoms with van der Waals surface area (Å²) in [5.74, 6) is -5.67. The second-order valence-corrected chi connectivity index (χ2v) is 7.21. The Labute approximate surface area is 194 Å². The molecule has 0 saturated heterocycles. The number of nitrogens with zero attached hydrogens (tertiary/aromatic N) is 5. The summed E-state index contributed by atoms with van der Waals surface area (Å²) in [5.41, 5.74) is -1.91. The number of carbonyl (C=O) groups is 1. The Bertz CT molecular complexity index is 1300. The van der Waals surface area contributed by atoms with Crippen LogP contribution in [-0.2, 0) is 13.2 Å². The third-order valence-electron chi connectivity index (χ3n) is 4.87. The van der Waals surface area contributed by atoms with Crippen LogP contribution in [0, 0.1) is 18.7 Å². The molecule has 1 amide bonds. The van der Waals surface area contributed by atoms with E-state index in [0.29, 0.717) is 17.7 Å². The molecule has 0 spiro atoms. The maximum atomic E-state index is 15.0. The Kier molecular flexibility index (Phi) is 7.19. The summed E-state index contributed by atoms with van der Waals surface area (Å²) in [7, 11) is 0. The highest BCUT2D eigenvalue weighted by atomic mass is 19.4. The summed E-state index contributed by atoms with van der Waals surface area (Å²) in [6.07, 6.45) is -6.25. The molecule has 1 atom stereocenters. The van der Waals surface area contributed by atoms with Crippen molar-refractivity contribution in [2.45, 2.75) is 46.2 Å². The van der Waals surface area contributed by atoms with E-state index in [9.17, 15) is 36.6 Å². The number of rotatable bonds is 7. The van der Waals surface area contributed by atoms with Gasteiger partial charge in [-0.15, -0.1) is 5.10 Å². The van der Waals surface area contributed by atoms with Gasteiger partial charge in [0.1, 0.15) is 12.2 Å². The van der Waals surface area contributed by atoms with E-state index in [1.807, 2.05) is 0 Å². The lowest BCUT2D eigenvalue weighted by Crippen LogP contribution is -2.33. The molecule has 0 fully saturated rings. The standard InChI is InChI=1S/C20H19F5N6O4/c1-4-30-13(8-32)29-31(19(30)34)16-12(21)7-11(18(28-16)35-10(3)20(23,24)25)17(33)27-14-9(2)5-6-26-15(14)22/h5-7,10,32H,4,8H2,1-3H3,(H,27,33). The molecule has 3 aromatic rings. The number of pyridine rings is 2. The number of aryl methyl sites for hydroxylation is 1. The Morgan fingerprint density at radius 2 is 2.00 bits per heavy atom. The molecule has 0 bridgehead atoms. The molecule has 0 aliphatic rings. The minimum Gasteiger partial charge on any atom is -0.464 e. The van der Waals surface area contributed by atoms with E-state index in [1.165, 1.54) is 13.0 Å². The summed E-state index contributed by atoms with van der Waals surface area (Å²) in [4.78, 5) is 32.4. The van der Waals surface area contributed by atoms with Crippen LogP contribution < -0.4 is 15.7 Å². The Balaban J connectivity index is 2.16. The second kappa shape index (κ2) is 9.77. The fourth-order valence-electron chi connectivity index (χ4n) is 2.96. The van der Waals surface area contributed by atoms with E-state index >= 15 is 0 Å². The maximum absolute atomic E-state index is 15.0. The van der Waals surface area contributed by atoms with Crippen LogP contribution in [0.1, 0.15) is 35.6 Å². The number of hydrogen-bond donors (Lipinski definition) is 2. The van der Waals surface area contributed by atoms with Gasteiger partial charge < -0.3 is 15.2 Å². The van der Waals surface area contributed by atoms with Crippen molar-refractivity contribution in [3.63, 3.8) is 0 Å². The van der Waals surface area contributed by atoms with Crippen LogP contribution in [0.2, 0.25) is 0 Å². The molecule has 0 aliphatic carbocycles. The molecule has 0 aromatic carbocycles. The smallest absolute Gasteiger partial charge is 0.425 e. The van der Waals surface area contributed by atoms with Crippen molar-refractivity contribution in [1.29, 1.82) is 0 Å². The van der Waals surface area contributed by atoms with Gasteiger partial charge in [0.15, 0.2) is 23.6 Å². The first kappa shape index (κ1) is 25.7. The van der Waals surface area contributed by atoms with Crippen LogP contribution in [-0.4, -0.2) is 47.6 Å². The first-order chi connectivity index (χ1) is 16.4. The van der Waals surface area contributed by atoms with E-state index in [1.54, 1.807) is 6.92 Å². The number of carbonyl (C=O) groups excluding carboxylic acids is 1. The number of aromatic nitrogens is 5. The van der Waals surface area contributed by atoms with E-state index in [-0.39, 0.29) is 23.6 Å². The van der Waals surface area contributed by atoms with Crippen molar-refractivity contribution >= 4 is 11.6 Å². The van der Waals surface area contributed by atoms with Crippen molar-refractivity contribution in [3.8, 4) is 11.7 Å². The lowest BCUT2D eigenvalue weighted by atomic mass is 10.2. The third kappa shape index (κ3) is 5.13. The second-order valence-electron chi connectivity index (χ2n) is 7.21. The first-order valence-corrected chi connectivity index (χ1v) is 10.0. The topological polar surface area (TPSA) is 124 Å². The zero-order valence-electron chi connectivity index (χ0n) is 18.5. The average Bonchev–Trinajstić information content (AvgIpc) is 3.11. The number of anilines is 1. The van der Waals surface area contributed by atoms with E-state index in [0.717, 1.165) is 10.8 Å². The molecule has 3 aromatic heterocycles. The van der Waals surface area contributed by atoms with Crippen molar-refractivity contribution in [2.24, 2.45) is 0 Å². The molecule has 35 heavy (non-hydrogen) atoms. The van der Waals surface area contributed by atoms with Gasteiger partial charge >= 0.3 is 11.9 Å². The molecule has 0 radical (unpaired) electrons. The minimum absolute atomic E-state index is 0.0430. The van der Waals surface area contributed by atoms with Gasteiger partial charge in [0.05, 0.1) is 5.69 Å². The summed E-state index contributed by atoms with van der Waals surface area (Å²) >= 11 is 0. The molecule has 15 heteroatoms. The monoisotopic (exact) mass is 502 g/mol. The predicted molar refractivity (Wildman–Crippen MR) is 110 cm³/mol. The first-order valence-electron chi connectivity index (χ1n) is 10.0. The molecule has 3 rings (SSSR count). The fourth-order valence-corrected chi connectivity index (χ4v) is 2.96. The summed E-state index contributed by atoms with van der Waals surface area (Å²) in [5, 5.41) is 15.2. The van der Waals surface area contributed by atoms with E-state index < -0.39 is 59.5 Å². The predicted octanol–water partition coefficient (Wildman–Crippen LogP) is 2.50. The number of halogens is 5. The summed E-state index contributed by atoms with van der Waals surface area (Å²) < 4.78 is 74.7. The van der Waals surface area contributed by atoms with Gasteiger partial charge in [0, 0.05) is 12.7 Å². The van der Waals surface area contributed by atoms with E-state index in [2.05, 4.69) is 20.4 Å². The maximum Gasteiger partial charge on any atom is 0.425 e. The van der Waals surface area contributed by atoms with Crippen LogP contribution in [0.25, 0.3) is 5.82 Å². The van der Waals surface area contributed by atoms with Gasteiger partial charge in [-0.1, -0.05) is 0 Å². The number of amides is 1. The van der Waals surface area contributed by atoms with Gasteiger partial charge in [-0.05, 0) is 38.5 Å². The SMILES string of the molecule is CCn1c(CO)nn(-c2nc(OC(C)C(F)(F)F)c(C(=O)Nc3c(C)ccnc3F)cc2F)c1=O. The number of ether oxygens (including phenoxy) is 1. The van der Waals surface area contributed by atoms with Crippen molar-refractivity contribution in [1.82, 2.24) is 24.3 Å². The molecule has 2 N–H and O–H groups in total. The average molecular weight is 502 g/mol. The largest absolute Gasteiger partial charge is 0.464 e. The van der Waals surface area contributed by atoms with Gasteiger partial charge in [-0.3, -0.25) is 9.36 Å². The molecule has 0 saturated carbocycles. The zero-order valence-corrected chi connectivity index (χ0v) is 18.5. The Morgan fingerprint density at radius 3 is 2.54 bits per heavy atom. The van der Waals surface area contributed by atoms with Gasteiger partial charge in [0.2, 0.25) is 11.8 Å². The lowest BCUT2D eigenvalue weighted by molar-refractivity contribution is -0.190. The zero-order chi connectivity index (χ0) is 26.1. The summed E-state index contributed by atoms with van der Waals surface area (Å²) in [6.45, 7) is 2.95. The highest BCUT2D eigenvalue weighted by Gasteiger charge is 2.39. The van der Waals surface area contributed by atoms with Crippen LogP contribution in [0.5, 0.6) is 5.88 Å². The Morgan fingerprint density at radius 1 is 1.31 bits per heavy atom. The number of aliphatic hydroxyl groups excluding tert-OH is 1. The highest BCUT2D eigenvalue weighted by Crippen LogP contribution is 2.29. The van der Waals surface area contributed by atoms with Crippen molar-refractivity contribution in [2.75, 3.05) is 5.32 Å². The molecular weight excluding hydrogens is 483 g/mol. The van der Waals surface area contributed by atoms with Crippen molar-refractivity contribution in [3.05, 3.63) is 57.5 Å². The fraction of sp³-hybridized carbons (Fsp3) is 0.350. The quantitative estimate of drug-likeness (QED) is 0.376. The molecule has 10 nitrogen and oxygen atoms in total. The minimum atomic E-state index is -4.89. The van der Waals surface area contributed by atoms with Crippen LogP contribution in [0.15, 0.2) is 23.1 Å². The molecule has 188 valence electrons. The molecular formula is C20H19F5N6O4. The van der Waals surface area contributed by atoms with Gasteiger partial charge in [-0.25, -0.2) is 14.2 Å². The molecule has 0 aliphatic heterocycles. The number of alkyl halides is 3. The normalized spacial score (nSPS) is 12.5. The van der Waals surface area contributed by atoms with Gasteiger partial charge in [-0.2, -0.15) is 27.2 Å². The van der Waals surface area contributed by atoms with E-state index in [4.69, 9.17) is 4.74 Å². The number of hydrogen-bond acceptors (Lipinski definition) is 7. The molecule has 1 unspecified atom stereocenters.